The second-order valence-electron chi connectivity index (χ2n) is 7.01. The molecule has 28 heavy (non-hydrogen) atoms. The zero-order valence-electron chi connectivity index (χ0n) is 15.7. The topological polar surface area (TPSA) is 89.0 Å². The van der Waals surface area contributed by atoms with Gasteiger partial charge in [0.2, 0.25) is 0 Å². The molecule has 0 aliphatic carbocycles. The first-order valence-corrected chi connectivity index (χ1v) is 8.96. The Morgan fingerprint density at radius 3 is 2.43 bits per heavy atom. The molecule has 0 atom stereocenters. The number of nitrogens with zero attached hydrogens (tertiary/aromatic N) is 3. The van der Waals surface area contributed by atoms with E-state index in [-0.39, 0.29) is 0 Å². The van der Waals surface area contributed by atoms with E-state index in [0.717, 1.165) is 5.69 Å². The molecule has 1 aromatic carbocycles. The molecule has 2 aromatic heterocycles. The van der Waals surface area contributed by atoms with Crippen LogP contribution in [0.4, 0.5) is 22.0 Å². The predicted molar refractivity (Wildman–Crippen MR) is 110 cm³/mol. The number of nitrogens with one attached hydrogen (secondary N) is 2. The Balaban J connectivity index is 1.76. The van der Waals surface area contributed by atoms with Crippen molar-refractivity contribution in [2.45, 2.75) is 26.4 Å². The van der Waals surface area contributed by atoms with Crippen LogP contribution in [0.5, 0.6) is 0 Å². The Hall–Kier alpha value is -3.19. The van der Waals surface area contributed by atoms with Gasteiger partial charge in [-0.15, -0.1) is 0 Å². The molecule has 3 aromatic rings. The molecular weight excluding hydrogens is 378 g/mol. The van der Waals surface area contributed by atoms with Gasteiger partial charge in [0.1, 0.15) is 11.4 Å². The summed E-state index contributed by atoms with van der Waals surface area (Å²) in [5.41, 5.74) is 2.08. The molecule has 7 nitrogen and oxygen atoms in total. The molecule has 0 aliphatic heterocycles. The third-order valence-corrected chi connectivity index (χ3v) is 3.68. The maximum Gasteiger partial charge on any atom is 0.412 e. The fourth-order valence-electron chi connectivity index (χ4n) is 2.32. The summed E-state index contributed by atoms with van der Waals surface area (Å²) in [6, 6.07) is 9.04. The summed E-state index contributed by atoms with van der Waals surface area (Å²) in [7, 11) is 0. The maximum absolute atomic E-state index is 11.9. The molecule has 0 spiro atoms. The van der Waals surface area contributed by atoms with Crippen molar-refractivity contribution < 1.29 is 9.53 Å². The fraction of sp³-hybridized carbons (Fsp3) is 0.200. The SMILES string of the molecule is CC(C)(C)OC(=O)Nc1cncc(-c2cncc(Nc3ccc(Cl)cc3)n2)c1. The molecule has 0 saturated carbocycles. The number of pyridine rings is 1. The molecule has 0 aliphatic rings. The van der Waals surface area contributed by atoms with Gasteiger partial charge in [0.05, 0.1) is 30.0 Å². The second-order valence-corrected chi connectivity index (χ2v) is 7.45. The summed E-state index contributed by atoms with van der Waals surface area (Å²) in [6.45, 7) is 5.40. The molecule has 0 saturated heterocycles. The molecule has 0 radical (unpaired) electrons. The molecule has 2 heterocycles. The Kier molecular flexibility index (Phi) is 5.75. The molecule has 1 amide bonds. The zero-order chi connectivity index (χ0) is 20.1. The number of ether oxygens (including phenoxy) is 1. The van der Waals surface area contributed by atoms with Crippen molar-refractivity contribution in [1.29, 1.82) is 0 Å². The molecule has 3 rings (SSSR count). The van der Waals surface area contributed by atoms with Gasteiger partial charge in [-0.2, -0.15) is 0 Å². The minimum Gasteiger partial charge on any atom is -0.444 e. The van der Waals surface area contributed by atoms with E-state index < -0.39 is 11.7 Å². The number of rotatable bonds is 4. The highest BCUT2D eigenvalue weighted by Crippen LogP contribution is 2.23. The molecule has 2 N–H and O–H groups in total. The highest BCUT2D eigenvalue weighted by molar-refractivity contribution is 6.30. The van der Waals surface area contributed by atoms with Crippen LogP contribution in [0.2, 0.25) is 5.02 Å². The zero-order valence-corrected chi connectivity index (χ0v) is 16.5. The minimum atomic E-state index is -0.581. The normalized spacial score (nSPS) is 11.0. The van der Waals surface area contributed by atoms with E-state index in [0.29, 0.717) is 27.8 Å². The average molecular weight is 398 g/mol. The molecule has 0 bridgehead atoms. The fourth-order valence-corrected chi connectivity index (χ4v) is 2.44. The first kappa shape index (κ1) is 19.6. The second kappa shape index (κ2) is 8.22. The monoisotopic (exact) mass is 397 g/mol. The maximum atomic E-state index is 11.9. The van der Waals surface area contributed by atoms with E-state index in [1.165, 1.54) is 6.20 Å². The number of amides is 1. The summed E-state index contributed by atoms with van der Waals surface area (Å²) in [6.07, 6.45) is 5.89. The van der Waals surface area contributed by atoms with Crippen molar-refractivity contribution in [3.05, 3.63) is 60.1 Å². The number of carbonyl (C=O) groups excluding carboxylic acids is 1. The standard InChI is InChI=1S/C20H20ClN5O2/c1-20(2,3)28-19(27)25-16-8-13(9-22-10-16)17-11-23-12-18(26-17)24-15-6-4-14(21)5-7-15/h4-12H,1-3H3,(H,24,26)(H,25,27). The van der Waals surface area contributed by atoms with Gasteiger partial charge < -0.3 is 10.1 Å². The van der Waals surface area contributed by atoms with E-state index in [9.17, 15) is 4.79 Å². The highest BCUT2D eigenvalue weighted by atomic mass is 35.5. The third kappa shape index (κ3) is 5.65. The van der Waals surface area contributed by atoms with Gasteiger partial charge in [-0.1, -0.05) is 11.6 Å². The van der Waals surface area contributed by atoms with E-state index in [2.05, 4.69) is 25.6 Å². The minimum absolute atomic E-state index is 0.504. The van der Waals surface area contributed by atoms with Crippen molar-refractivity contribution in [3.8, 4) is 11.3 Å². The van der Waals surface area contributed by atoms with E-state index in [1.807, 2.05) is 12.1 Å². The Morgan fingerprint density at radius 1 is 1.00 bits per heavy atom. The lowest BCUT2D eigenvalue weighted by molar-refractivity contribution is 0.0636. The number of hydrogen-bond donors (Lipinski definition) is 2. The van der Waals surface area contributed by atoms with Gasteiger partial charge in [0.25, 0.3) is 0 Å². The smallest absolute Gasteiger partial charge is 0.412 e. The third-order valence-electron chi connectivity index (χ3n) is 3.43. The lowest BCUT2D eigenvalue weighted by Gasteiger charge is -2.19. The van der Waals surface area contributed by atoms with Crippen LogP contribution in [0, 0.1) is 0 Å². The average Bonchev–Trinajstić information content (AvgIpc) is 2.62. The van der Waals surface area contributed by atoms with Crippen LogP contribution in [0.15, 0.2) is 55.1 Å². The van der Waals surface area contributed by atoms with Gasteiger partial charge in [0, 0.05) is 22.5 Å². The van der Waals surface area contributed by atoms with Gasteiger partial charge in [-0.05, 0) is 51.1 Å². The number of carbonyl (C=O) groups is 1. The Morgan fingerprint density at radius 2 is 1.71 bits per heavy atom. The number of hydrogen-bond acceptors (Lipinski definition) is 6. The van der Waals surface area contributed by atoms with Crippen LogP contribution in [-0.2, 0) is 4.74 Å². The first-order valence-electron chi connectivity index (χ1n) is 8.58. The lowest BCUT2D eigenvalue weighted by Crippen LogP contribution is -2.27. The van der Waals surface area contributed by atoms with Crippen LogP contribution in [0.1, 0.15) is 20.8 Å². The van der Waals surface area contributed by atoms with Crippen LogP contribution in [0.3, 0.4) is 0 Å². The van der Waals surface area contributed by atoms with Crippen molar-refractivity contribution in [3.63, 3.8) is 0 Å². The Bertz CT molecular complexity index is 971. The highest BCUT2D eigenvalue weighted by Gasteiger charge is 2.16. The van der Waals surface area contributed by atoms with E-state index in [4.69, 9.17) is 16.3 Å². The van der Waals surface area contributed by atoms with Crippen LogP contribution in [0.25, 0.3) is 11.3 Å². The molecule has 8 heteroatoms. The number of anilines is 3. The van der Waals surface area contributed by atoms with Crippen molar-refractivity contribution >= 4 is 34.9 Å². The van der Waals surface area contributed by atoms with Crippen molar-refractivity contribution in [1.82, 2.24) is 15.0 Å². The number of aromatic nitrogens is 3. The van der Waals surface area contributed by atoms with Crippen LogP contribution < -0.4 is 10.6 Å². The van der Waals surface area contributed by atoms with Gasteiger partial charge in [-0.3, -0.25) is 15.3 Å². The van der Waals surface area contributed by atoms with E-state index >= 15 is 0 Å². The summed E-state index contributed by atoms with van der Waals surface area (Å²) in [5.74, 6) is 0.574. The summed E-state index contributed by atoms with van der Waals surface area (Å²) < 4.78 is 5.26. The Labute approximate surface area is 168 Å². The largest absolute Gasteiger partial charge is 0.444 e. The summed E-state index contributed by atoms with van der Waals surface area (Å²) in [4.78, 5) is 24.9. The molecule has 0 fully saturated rings. The van der Waals surface area contributed by atoms with Gasteiger partial charge >= 0.3 is 6.09 Å². The summed E-state index contributed by atoms with van der Waals surface area (Å²) >= 11 is 5.90. The first-order chi connectivity index (χ1) is 13.3. The van der Waals surface area contributed by atoms with Crippen LogP contribution >= 0.6 is 11.6 Å². The van der Waals surface area contributed by atoms with Crippen molar-refractivity contribution in [2.24, 2.45) is 0 Å². The molecule has 0 unspecified atom stereocenters. The van der Waals surface area contributed by atoms with Crippen LogP contribution in [-0.4, -0.2) is 26.6 Å². The van der Waals surface area contributed by atoms with E-state index in [1.54, 1.807) is 57.6 Å². The lowest BCUT2D eigenvalue weighted by atomic mass is 10.2. The molecule has 144 valence electrons. The summed E-state index contributed by atoms with van der Waals surface area (Å²) in [5, 5.41) is 6.50. The predicted octanol–water partition coefficient (Wildman–Crippen LogP) is 5.28. The number of benzene rings is 1. The van der Waals surface area contributed by atoms with Crippen molar-refractivity contribution in [2.75, 3.05) is 10.6 Å². The van der Waals surface area contributed by atoms with Gasteiger partial charge in [-0.25, -0.2) is 9.78 Å². The number of halogens is 1. The van der Waals surface area contributed by atoms with Gasteiger partial charge in [0.15, 0.2) is 0 Å². The molecular formula is C20H20ClN5O2. The quantitative estimate of drug-likeness (QED) is 0.622.